The molecule has 1 aromatic heterocycles. The second kappa shape index (κ2) is 15.1. The molecule has 0 radical (unpaired) electrons. The number of ketones is 1. The molecule has 1 atom stereocenters. The molecule has 1 unspecified atom stereocenters. The van der Waals surface area contributed by atoms with Crippen LogP contribution in [0.25, 0.3) is 32.6 Å². The summed E-state index contributed by atoms with van der Waals surface area (Å²) in [4.78, 5) is 31.8. The summed E-state index contributed by atoms with van der Waals surface area (Å²) in [6.07, 6.45) is 11.6. The number of aryl methyl sites for hydroxylation is 3. The summed E-state index contributed by atoms with van der Waals surface area (Å²) in [5, 5.41) is 8.68. The van der Waals surface area contributed by atoms with Crippen LogP contribution in [0.4, 0.5) is 0 Å². The van der Waals surface area contributed by atoms with Gasteiger partial charge in [-0.1, -0.05) is 112 Å². The molecule has 49 heavy (non-hydrogen) atoms. The molecule has 4 aromatic carbocycles. The van der Waals surface area contributed by atoms with Gasteiger partial charge in [0.15, 0.2) is 5.78 Å². The maximum Gasteiger partial charge on any atom is 0.331 e. The van der Waals surface area contributed by atoms with Crippen LogP contribution in [0.15, 0.2) is 65.8 Å². The number of aromatic nitrogens is 1. The van der Waals surface area contributed by atoms with E-state index in [9.17, 15) is 9.59 Å². The number of carbonyl (C=O) groups is 2. The standard InChI is InChI=1S/C44H52N2O3/c1-7-9-14-32(8-2)27-46-41-22-20-34(40(45-49-31(6)47)21-19-33-15-10-11-16-33)25-37(41)38-26-39(35-17-12-13-18-36(35)43(38)46)44(48)42-29(4)23-28(3)24-30(42)5/h12-13,17-18,20,22-26,32-33H,7-11,14-16,19,21,27H2,1-6H3. The van der Waals surface area contributed by atoms with E-state index in [1.165, 1.54) is 57.4 Å². The highest BCUT2D eigenvalue weighted by Crippen LogP contribution is 2.39. The maximum atomic E-state index is 14.6. The van der Waals surface area contributed by atoms with Crippen molar-refractivity contribution < 1.29 is 14.4 Å². The van der Waals surface area contributed by atoms with E-state index < -0.39 is 5.97 Å². The largest absolute Gasteiger partial charge is 0.340 e. The summed E-state index contributed by atoms with van der Waals surface area (Å²) in [5.41, 5.74) is 8.80. The molecule has 0 saturated heterocycles. The molecule has 0 aliphatic heterocycles. The minimum absolute atomic E-state index is 0.0632. The lowest BCUT2D eigenvalue weighted by Crippen LogP contribution is -2.11. The van der Waals surface area contributed by atoms with Gasteiger partial charge < -0.3 is 9.40 Å². The van der Waals surface area contributed by atoms with E-state index >= 15 is 0 Å². The molecule has 1 heterocycles. The number of rotatable bonds is 13. The Morgan fingerprint density at radius 3 is 2.29 bits per heavy atom. The number of benzene rings is 4. The van der Waals surface area contributed by atoms with Crippen molar-refractivity contribution in [3.63, 3.8) is 0 Å². The molecular formula is C44H52N2O3. The number of hydrogen-bond donors (Lipinski definition) is 0. The number of nitrogens with zero attached hydrogens (tertiary/aromatic N) is 2. The van der Waals surface area contributed by atoms with Gasteiger partial charge in [-0.15, -0.1) is 0 Å². The fourth-order valence-corrected chi connectivity index (χ4v) is 8.37. The SMILES string of the molecule is CCCCC(CC)Cn1c2ccc(C(CCC3CCCC3)=NOC(C)=O)cc2c2cc(C(=O)c3c(C)cc(C)cc3C)c3ccccc3c21. The van der Waals surface area contributed by atoms with Crippen LogP contribution >= 0.6 is 0 Å². The van der Waals surface area contributed by atoms with Crippen molar-refractivity contribution in [2.75, 3.05) is 0 Å². The highest BCUT2D eigenvalue weighted by atomic mass is 16.7. The van der Waals surface area contributed by atoms with Crippen LogP contribution in [0.5, 0.6) is 0 Å². The molecule has 0 amide bonds. The smallest absolute Gasteiger partial charge is 0.331 e. The van der Waals surface area contributed by atoms with Gasteiger partial charge in [0.25, 0.3) is 0 Å². The molecule has 5 heteroatoms. The number of carbonyl (C=O) groups excluding carboxylic acids is 2. The first-order chi connectivity index (χ1) is 23.7. The quantitative estimate of drug-likeness (QED) is 0.0548. The average Bonchev–Trinajstić information content (AvgIpc) is 3.71. The zero-order chi connectivity index (χ0) is 34.7. The third-order valence-electron chi connectivity index (χ3n) is 10.9. The lowest BCUT2D eigenvalue weighted by Gasteiger charge is -2.19. The first kappa shape index (κ1) is 34.6. The zero-order valence-electron chi connectivity index (χ0n) is 30.3. The summed E-state index contributed by atoms with van der Waals surface area (Å²) in [6.45, 7) is 13.1. The van der Waals surface area contributed by atoms with Gasteiger partial charge in [-0.25, -0.2) is 4.79 Å². The Morgan fingerprint density at radius 1 is 0.898 bits per heavy atom. The molecule has 1 saturated carbocycles. The second-order valence-corrected chi connectivity index (χ2v) is 14.5. The van der Waals surface area contributed by atoms with Crippen LogP contribution < -0.4 is 0 Å². The summed E-state index contributed by atoms with van der Waals surface area (Å²) in [7, 11) is 0. The third-order valence-corrected chi connectivity index (χ3v) is 10.9. The van der Waals surface area contributed by atoms with E-state index in [1.54, 1.807) is 0 Å². The molecule has 1 aliphatic rings. The predicted octanol–water partition coefficient (Wildman–Crippen LogP) is 11.6. The van der Waals surface area contributed by atoms with Gasteiger partial charge in [0.1, 0.15) is 0 Å². The maximum absolute atomic E-state index is 14.6. The van der Waals surface area contributed by atoms with E-state index in [1.807, 2.05) is 19.9 Å². The Bertz CT molecular complexity index is 2020. The van der Waals surface area contributed by atoms with Gasteiger partial charge in [-0.05, 0) is 86.6 Å². The van der Waals surface area contributed by atoms with E-state index in [4.69, 9.17) is 4.84 Å². The summed E-state index contributed by atoms with van der Waals surface area (Å²) in [6, 6.07) is 21.4. The van der Waals surface area contributed by atoms with Crippen LogP contribution in [0.3, 0.4) is 0 Å². The Hall–Kier alpha value is -4.25. The molecule has 256 valence electrons. The van der Waals surface area contributed by atoms with E-state index in [-0.39, 0.29) is 5.78 Å². The van der Waals surface area contributed by atoms with Crippen molar-refractivity contribution in [1.82, 2.24) is 4.57 Å². The van der Waals surface area contributed by atoms with Crippen LogP contribution in [0.1, 0.15) is 123 Å². The van der Waals surface area contributed by atoms with E-state index in [0.717, 1.165) is 92.0 Å². The Labute approximate surface area is 291 Å². The lowest BCUT2D eigenvalue weighted by atomic mass is 9.89. The second-order valence-electron chi connectivity index (χ2n) is 14.5. The van der Waals surface area contributed by atoms with E-state index in [2.05, 4.69) is 85.1 Å². The molecule has 0 N–H and O–H groups in total. The van der Waals surface area contributed by atoms with Crippen LogP contribution in [-0.4, -0.2) is 22.0 Å². The summed E-state index contributed by atoms with van der Waals surface area (Å²) < 4.78 is 2.51. The van der Waals surface area contributed by atoms with Crippen LogP contribution in [-0.2, 0) is 16.2 Å². The van der Waals surface area contributed by atoms with E-state index in [0.29, 0.717) is 11.8 Å². The van der Waals surface area contributed by atoms with Crippen molar-refractivity contribution in [2.24, 2.45) is 17.0 Å². The Morgan fingerprint density at radius 2 is 1.61 bits per heavy atom. The van der Waals surface area contributed by atoms with Crippen molar-refractivity contribution in [3.05, 3.63) is 94.0 Å². The first-order valence-corrected chi connectivity index (χ1v) is 18.5. The molecule has 0 bridgehead atoms. The Balaban J connectivity index is 1.59. The number of fused-ring (bicyclic) bond motifs is 5. The average molecular weight is 657 g/mol. The van der Waals surface area contributed by atoms with Gasteiger partial charge in [-0.3, -0.25) is 4.79 Å². The van der Waals surface area contributed by atoms with Crippen LogP contribution in [0.2, 0.25) is 0 Å². The fraction of sp³-hybridized carbons (Fsp3) is 0.432. The highest BCUT2D eigenvalue weighted by molar-refractivity contribution is 6.26. The molecule has 5 nitrogen and oxygen atoms in total. The zero-order valence-corrected chi connectivity index (χ0v) is 30.3. The minimum Gasteiger partial charge on any atom is -0.340 e. The molecule has 0 spiro atoms. The van der Waals surface area contributed by atoms with Crippen molar-refractivity contribution in [2.45, 2.75) is 112 Å². The van der Waals surface area contributed by atoms with Gasteiger partial charge in [-0.2, -0.15) is 0 Å². The first-order valence-electron chi connectivity index (χ1n) is 18.5. The summed E-state index contributed by atoms with van der Waals surface area (Å²) >= 11 is 0. The van der Waals surface area contributed by atoms with Crippen molar-refractivity contribution >= 4 is 50.0 Å². The van der Waals surface area contributed by atoms with Gasteiger partial charge in [0, 0.05) is 51.8 Å². The number of hydrogen-bond acceptors (Lipinski definition) is 4. The molecule has 1 aliphatic carbocycles. The normalized spacial score (nSPS) is 14.7. The summed E-state index contributed by atoms with van der Waals surface area (Å²) in [5.74, 6) is 0.887. The van der Waals surface area contributed by atoms with Gasteiger partial charge >= 0.3 is 5.97 Å². The molecule has 1 fully saturated rings. The molecular weight excluding hydrogens is 604 g/mol. The topological polar surface area (TPSA) is 60.7 Å². The van der Waals surface area contributed by atoms with Gasteiger partial charge in [0.05, 0.1) is 11.2 Å². The lowest BCUT2D eigenvalue weighted by molar-refractivity contribution is -0.140. The highest BCUT2D eigenvalue weighted by Gasteiger charge is 2.24. The predicted molar refractivity (Wildman–Crippen MR) is 204 cm³/mol. The molecule has 5 aromatic rings. The van der Waals surface area contributed by atoms with Crippen molar-refractivity contribution in [3.8, 4) is 0 Å². The number of unbranched alkanes of at least 4 members (excludes halogenated alkanes) is 1. The monoisotopic (exact) mass is 656 g/mol. The third kappa shape index (κ3) is 7.22. The fourth-order valence-electron chi connectivity index (χ4n) is 8.37. The minimum atomic E-state index is -0.412. The Kier molecular flexibility index (Phi) is 10.7. The molecule has 6 rings (SSSR count). The van der Waals surface area contributed by atoms with Crippen molar-refractivity contribution in [1.29, 1.82) is 0 Å². The number of oxime groups is 1. The van der Waals surface area contributed by atoms with Gasteiger partial charge in [0.2, 0.25) is 0 Å². The van der Waals surface area contributed by atoms with Crippen LogP contribution in [0, 0.1) is 32.6 Å².